The monoisotopic (exact) mass is 393 g/mol. The van der Waals surface area contributed by atoms with E-state index in [2.05, 4.69) is 15.3 Å². The highest BCUT2D eigenvalue weighted by Crippen LogP contribution is 2.31. The van der Waals surface area contributed by atoms with E-state index < -0.39 is 10.0 Å². The van der Waals surface area contributed by atoms with E-state index in [1.165, 1.54) is 0 Å². The van der Waals surface area contributed by atoms with Crippen LogP contribution in [0.3, 0.4) is 0 Å². The summed E-state index contributed by atoms with van der Waals surface area (Å²) < 4.78 is 30.3. The van der Waals surface area contributed by atoms with Gasteiger partial charge in [0.15, 0.2) is 0 Å². The van der Waals surface area contributed by atoms with Crippen LogP contribution in [0.2, 0.25) is 0 Å². The van der Waals surface area contributed by atoms with Gasteiger partial charge in [-0.1, -0.05) is 12.1 Å². The molecule has 0 bridgehead atoms. The van der Waals surface area contributed by atoms with Gasteiger partial charge in [-0.2, -0.15) is 4.31 Å². The van der Waals surface area contributed by atoms with Crippen molar-refractivity contribution in [2.24, 2.45) is 7.05 Å². The molecule has 1 aromatic carbocycles. The van der Waals surface area contributed by atoms with Crippen molar-refractivity contribution < 1.29 is 8.42 Å². The van der Waals surface area contributed by atoms with Gasteiger partial charge in [0.1, 0.15) is 5.82 Å². The Hall–Kier alpha value is -2.00. The van der Waals surface area contributed by atoms with Crippen LogP contribution in [0.5, 0.6) is 0 Å². The number of sulfonamides is 1. The van der Waals surface area contributed by atoms with E-state index in [9.17, 15) is 8.42 Å². The molecule has 3 aromatic rings. The SMILES string of the molecule is Cl.Cn1ccnc1C1CNCCN1S(=O)(=O)c1cccc2cnccc12. The number of nitrogens with zero attached hydrogens (tertiary/aromatic N) is 4. The zero-order valence-corrected chi connectivity index (χ0v) is 15.9. The topological polar surface area (TPSA) is 80.1 Å². The number of hydrogen-bond donors (Lipinski definition) is 1. The number of hydrogen-bond acceptors (Lipinski definition) is 5. The van der Waals surface area contributed by atoms with Gasteiger partial charge in [-0.15, -0.1) is 12.4 Å². The molecule has 1 N–H and O–H groups in total. The van der Waals surface area contributed by atoms with E-state index in [0.29, 0.717) is 29.9 Å². The Balaban J connectivity index is 0.00000196. The maximum atomic E-state index is 13.5. The van der Waals surface area contributed by atoms with E-state index in [0.717, 1.165) is 11.2 Å². The van der Waals surface area contributed by atoms with Gasteiger partial charge in [-0.25, -0.2) is 13.4 Å². The van der Waals surface area contributed by atoms with Gasteiger partial charge in [-0.05, 0) is 12.1 Å². The summed E-state index contributed by atoms with van der Waals surface area (Å²) in [5.41, 5.74) is 0. The molecular weight excluding hydrogens is 374 g/mol. The molecule has 0 spiro atoms. The van der Waals surface area contributed by atoms with Gasteiger partial charge in [0.2, 0.25) is 10.0 Å². The molecule has 26 heavy (non-hydrogen) atoms. The molecule has 0 aliphatic carbocycles. The normalized spacial score (nSPS) is 18.6. The second kappa shape index (κ2) is 7.32. The van der Waals surface area contributed by atoms with Crippen LogP contribution >= 0.6 is 12.4 Å². The third-order valence-electron chi connectivity index (χ3n) is 4.58. The smallest absolute Gasteiger partial charge is 0.244 e. The molecule has 0 radical (unpaired) electrons. The van der Waals surface area contributed by atoms with Gasteiger partial charge in [0, 0.05) is 62.2 Å². The largest absolute Gasteiger partial charge is 0.337 e. The predicted octanol–water partition coefficient (Wildman–Crippen LogP) is 1.73. The maximum absolute atomic E-state index is 13.5. The molecule has 1 aliphatic heterocycles. The second-order valence-corrected chi connectivity index (χ2v) is 7.94. The van der Waals surface area contributed by atoms with Crippen LogP contribution in [0.25, 0.3) is 10.8 Å². The zero-order chi connectivity index (χ0) is 17.4. The molecule has 4 rings (SSSR count). The standard InChI is InChI=1S/C17H19N5O2S.ClH/c1-21-9-8-20-17(21)15-12-19-7-10-22(15)25(23,24)16-4-2-3-13-11-18-6-5-14(13)16;/h2-6,8-9,11,15,19H,7,10,12H2,1H3;1H. The molecule has 1 fully saturated rings. The summed E-state index contributed by atoms with van der Waals surface area (Å²) in [6.45, 7) is 1.56. The summed E-state index contributed by atoms with van der Waals surface area (Å²) in [6.07, 6.45) is 6.83. The van der Waals surface area contributed by atoms with Crippen molar-refractivity contribution in [1.82, 2.24) is 24.2 Å². The first-order chi connectivity index (χ1) is 12.1. The lowest BCUT2D eigenvalue weighted by atomic mass is 10.2. The van der Waals surface area contributed by atoms with Crippen LogP contribution in [-0.4, -0.2) is 46.9 Å². The number of halogens is 1. The van der Waals surface area contributed by atoms with Gasteiger partial charge >= 0.3 is 0 Å². The average molecular weight is 394 g/mol. The summed E-state index contributed by atoms with van der Waals surface area (Å²) in [7, 11) is -1.79. The minimum atomic E-state index is -3.67. The van der Waals surface area contributed by atoms with Gasteiger partial charge in [0.25, 0.3) is 0 Å². The number of nitrogens with one attached hydrogen (secondary N) is 1. The molecule has 1 atom stereocenters. The molecule has 1 aliphatic rings. The number of rotatable bonds is 3. The van der Waals surface area contributed by atoms with Crippen molar-refractivity contribution in [3.63, 3.8) is 0 Å². The molecule has 0 saturated carbocycles. The molecule has 9 heteroatoms. The summed E-state index contributed by atoms with van der Waals surface area (Å²) >= 11 is 0. The molecule has 1 saturated heterocycles. The molecule has 138 valence electrons. The number of aryl methyl sites for hydroxylation is 1. The molecular formula is C17H20ClN5O2S. The van der Waals surface area contributed by atoms with Crippen LogP contribution in [0, 0.1) is 0 Å². The summed E-state index contributed by atoms with van der Waals surface area (Å²) in [6, 6.07) is 6.70. The Morgan fingerprint density at radius 3 is 2.85 bits per heavy atom. The number of piperazine rings is 1. The Labute approximate surface area is 158 Å². The Bertz CT molecular complexity index is 1020. The summed E-state index contributed by atoms with van der Waals surface area (Å²) in [5.74, 6) is 0.734. The highest BCUT2D eigenvalue weighted by Gasteiger charge is 2.37. The van der Waals surface area contributed by atoms with Crippen LogP contribution in [0.1, 0.15) is 11.9 Å². The molecule has 2 aromatic heterocycles. The first kappa shape index (κ1) is 18.8. The second-order valence-electron chi connectivity index (χ2n) is 6.08. The number of fused-ring (bicyclic) bond motifs is 1. The van der Waals surface area contributed by atoms with Crippen LogP contribution < -0.4 is 5.32 Å². The van der Waals surface area contributed by atoms with Crippen LogP contribution in [0.4, 0.5) is 0 Å². The molecule has 3 heterocycles. The van der Waals surface area contributed by atoms with E-state index in [-0.39, 0.29) is 18.4 Å². The van der Waals surface area contributed by atoms with E-state index in [1.807, 2.05) is 23.9 Å². The first-order valence-electron chi connectivity index (χ1n) is 8.11. The zero-order valence-electron chi connectivity index (χ0n) is 14.2. The first-order valence-corrected chi connectivity index (χ1v) is 9.55. The quantitative estimate of drug-likeness (QED) is 0.733. The fourth-order valence-corrected chi connectivity index (χ4v) is 5.14. The highest BCUT2D eigenvalue weighted by molar-refractivity contribution is 7.89. The number of aromatic nitrogens is 3. The predicted molar refractivity (Wildman–Crippen MR) is 102 cm³/mol. The summed E-state index contributed by atoms with van der Waals surface area (Å²) in [5, 5.41) is 4.77. The average Bonchev–Trinajstić information content (AvgIpc) is 3.07. The summed E-state index contributed by atoms with van der Waals surface area (Å²) in [4.78, 5) is 8.76. The van der Waals surface area contributed by atoms with Gasteiger partial charge in [-0.3, -0.25) is 4.98 Å². The lowest BCUT2D eigenvalue weighted by molar-refractivity contribution is 0.258. The van der Waals surface area contributed by atoms with Gasteiger partial charge < -0.3 is 9.88 Å². The fourth-order valence-electron chi connectivity index (χ4n) is 3.34. The van der Waals surface area contributed by atoms with Crippen molar-refractivity contribution in [2.45, 2.75) is 10.9 Å². The maximum Gasteiger partial charge on any atom is 0.244 e. The number of imidazole rings is 1. The number of pyridine rings is 1. The Morgan fingerprint density at radius 1 is 1.23 bits per heavy atom. The number of benzene rings is 1. The van der Waals surface area contributed by atoms with Crippen LogP contribution in [0.15, 0.2) is 53.9 Å². The Morgan fingerprint density at radius 2 is 2.08 bits per heavy atom. The van der Waals surface area contributed by atoms with E-state index >= 15 is 0 Å². The lowest BCUT2D eigenvalue weighted by Crippen LogP contribution is -2.49. The highest BCUT2D eigenvalue weighted by atomic mass is 35.5. The van der Waals surface area contributed by atoms with Gasteiger partial charge in [0.05, 0.1) is 10.9 Å². The van der Waals surface area contributed by atoms with Crippen molar-refractivity contribution in [2.75, 3.05) is 19.6 Å². The fraction of sp³-hybridized carbons (Fsp3) is 0.294. The minimum Gasteiger partial charge on any atom is -0.337 e. The Kier molecular flexibility index (Phi) is 5.29. The molecule has 0 amide bonds. The van der Waals surface area contributed by atoms with Crippen molar-refractivity contribution in [3.8, 4) is 0 Å². The third kappa shape index (κ3) is 3.09. The van der Waals surface area contributed by atoms with Crippen molar-refractivity contribution in [3.05, 3.63) is 54.9 Å². The van der Waals surface area contributed by atoms with Crippen molar-refractivity contribution >= 4 is 33.2 Å². The molecule has 7 nitrogen and oxygen atoms in total. The molecule has 1 unspecified atom stereocenters. The van der Waals surface area contributed by atoms with Crippen molar-refractivity contribution in [1.29, 1.82) is 0 Å². The lowest BCUT2D eigenvalue weighted by Gasteiger charge is -2.34. The minimum absolute atomic E-state index is 0. The van der Waals surface area contributed by atoms with Crippen LogP contribution in [-0.2, 0) is 17.1 Å². The van der Waals surface area contributed by atoms with E-state index in [4.69, 9.17) is 0 Å². The third-order valence-corrected chi connectivity index (χ3v) is 6.54. The van der Waals surface area contributed by atoms with E-state index in [1.54, 1.807) is 41.1 Å².